The topological polar surface area (TPSA) is 65.8 Å². The molecule has 0 aliphatic rings. The summed E-state index contributed by atoms with van der Waals surface area (Å²) >= 11 is 0. The number of ether oxygens (including phenoxy) is 3. The third-order valence-electron chi connectivity index (χ3n) is 3.08. The number of aryl methyl sites for hydroxylation is 1. The number of rotatable bonds is 7. The predicted octanol–water partition coefficient (Wildman–Crippen LogP) is 2.30. The van der Waals surface area contributed by atoms with E-state index in [1.165, 1.54) is 0 Å². The Morgan fingerprint density at radius 1 is 1.05 bits per heavy atom. The van der Waals surface area contributed by atoms with Crippen molar-refractivity contribution in [1.29, 1.82) is 0 Å². The molecule has 0 aliphatic carbocycles. The molecule has 1 aromatic heterocycles. The normalized spacial score (nSPS) is 10.5. The van der Waals surface area contributed by atoms with Crippen LogP contribution in [-0.4, -0.2) is 26.5 Å². The second-order valence-electron chi connectivity index (χ2n) is 4.53. The molecule has 1 N–H and O–H groups in total. The Bertz CT molecular complexity index is 595. The third-order valence-corrected chi connectivity index (χ3v) is 3.08. The van der Waals surface area contributed by atoms with Crippen LogP contribution in [0.2, 0.25) is 0 Å². The van der Waals surface area contributed by atoms with Crippen LogP contribution in [0.5, 0.6) is 17.2 Å². The van der Waals surface area contributed by atoms with Gasteiger partial charge < -0.3 is 24.1 Å². The molecule has 0 unspecified atom stereocenters. The highest BCUT2D eigenvalue weighted by Crippen LogP contribution is 2.39. The number of benzene rings is 1. The van der Waals surface area contributed by atoms with Crippen molar-refractivity contribution in [2.75, 3.05) is 21.3 Å². The van der Waals surface area contributed by atoms with Crippen molar-refractivity contribution in [2.24, 2.45) is 0 Å². The number of nitrogens with one attached hydrogen (secondary N) is 1. The molecule has 0 fully saturated rings. The van der Waals surface area contributed by atoms with Gasteiger partial charge in [-0.1, -0.05) is 11.2 Å². The Kier molecular flexibility index (Phi) is 5.05. The van der Waals surface area contributed by atoms with Gasteiger partial charge in [-0.15, -0.1) is 0 Å². The first-order valence-electron chi connectivity index (χ1n) is 6.60. The molecule has 0 spiro atoms. The number of hydrogen-bond acceptors (Lipinski definition) is 6. The number of aromatic nitrogens is 1. The minimum atomic E-state index is 0.594. The summed E-state index contributed by atoms with van der Waals surface area (Å²) in [6.07, 6.45) is 0. The van der Waals surface area contributed by atoms with E-state index < -0.39 is 0 Å². The highest BCUT2D eigenvalue weighted by molar-refractivity contribution is 5.55. The van der Waals surface area contributed by atoms with Crippen LogP contribution >= 0.6 is 0 Å². The maximum atomic E-state index is 5.44. The molecule has 0 amide bonds. The molecular formula is C15H20N2O4. The van der Waals surface area contributed by atoms with Crippen LogP contribution in [-0.2, 0) is 13.1 Å². The van der Waals surface area contributed by atoms with Crippen molar-refractivity contribution < 1.29 is 18.7 Å². The second-order valence-corrected chi connectivity index (χ2v) is 4.53. The number of nitrogens with zero attached hydrogens (tertiary/aromatic N) is 1. The Hall–Kier alpha value is -2.21. The summed E-state index contributed by atoms with van der Waals surface area (Å²) in [5.74, 6) is 2.71. The Morgan fingerprint density at radius 2 is 1.81 bits per heavy atom. The fourth-order valence-electron chi connectivity index (χ4n) is 2.13. The largest absolute Gasteiger partial charge is 0.493 e. The predicted molar refractivity (Wildman–Crippen MR) is 77.9 cm³/mol. The smallest absolute Gasteiger partial charge is 0.203 e. The molecule has 0 aliphatic heterocycles. The minimum absolute atomic E-state index is 0.594. The summed E-state index contributed by atoms with van der Waals surface area (Å²) < 4.78 is 21.1. The van der Waals surface area contributed by atoms with E-state index >= 15 is 0 Å². The summed E-state index contributed by atoms with van der Waals surface area (Å²) in [5.41, 5.74) is 1.85. The molecule has 6 heteroatoms. The zero-order chi connectivity index (χ0) is 15.2. The van der Waals surface area contributed by atoms with Crippen molar-refractivity contribution in [1.82, 2.24) is 10.5 Å². The quantitative estimate of drug-likeness (QED) is 0.844. The fourth-order valence-corrected chi connectivity index (χ4v) is 2.13. The van der Waals surface area contributed by atoms with E-state index in [0.717, 1.165) is 17.0 Å². The number of methoxy groups -OCH3 is 3. The van der Waals surface area contributed by atoms with Gasteiger partial charge in [-0.25, -0.2) is 0 Å². The van der Waals surface area contributed by atoms with Gasteiger partial charge in [-0.2, -0.15) is 0 Å². The van der Waals surface area contributed by atoms with Gasteiger partial charge in [0.05, 0.1) is 27.0 Å². The van der Waals surface area contributed by atoms with Gasteiger partial charge in [-0.05, 0) is 13.0 Å². The van der Waals surface area contributed by atoms with E-state index in [9.17, 15) is 0 Å². The molecule has 6 nitrogen and oxygen atoms in total. The van der Waals surface area contributed by atoms with Gasteiger partial charge in [0.1, 0.15) is 5.76 Å². The monoisotopic (exact) mass is 292 g/mol. The summed E-state index contributed by atoms with van der Waals surface area (Å²) in [5, 5.41) is 7.23. The van der Waals surface area contributed by atoms with Gasteiger partial charge in [0, 0.05) is 24.7 Å². The summed E-state index contributed by atoms with van der Waals surface area (Å²) in [7, 11) is 4.81. The molecule has 21 heavy (non-hydrogen) atoms. The molecule has 0 radical (unpaired) electrons. The van der Waals surface area contributed by atoms with Crippen LogP contribution in [0.15, 0.2) is 22.7 Å². The molecule has 1 aromatic carbocycles. The molecule has 0 bridgehead atoms. The molecule has 2 rings (SSSR count). The van der Waals surface area contributed by atoms with Crippen molar-refractivity contribution in [2.45, 2.75) is 20.0 Å². The van der Waals surface area contributed by atoms with Crippen LogP contribution < -0.4 is 19.5 Å². The minimum Gasteiger partial charge on any atom is -0.493 e. The van der Waals surface area contributed by atoms with E-state index in [4.69, 9.17) is 18.7 Å². The number of hydrogen-bond donors (Lipinski definition) is 1. The average molecular weight is 292 g/mol. The Balaban J connectivity index is 2.08. The maximum Gasteiger partial charge on any atom is 0.203 e. The molecule has 2 aromatic rings. The molecule has 114 valence electrons. The van der Waals surface area contributed by atoms with E-state index in [0.29, 0.717) is 30.3 Å². The fraction of sp³-hybridized carbons (Fsp3) is 0.400. The van der Waals surface area contributed by atoms with Gasteiger partial charge in [0.2, 0.25) is 5.75 Å². The van der Waals surface area contributed by atoms with E-state index in [1.54, 1.807) is 21.3 Å². The van der Waals surface area contributed by atoms with E-state index in [-0.39, 0.29) is 0 Å². The van der Waals surface area contributed by atoms with Crippen LogP contribution in [0.1, 0.15) is 17.0 Å². The zero-order valence-corrected chi connectivity index (χ0v) is 12.7. The lowest BCUT2D eigenvalue weighted by Gasteiger charge is -2.15. The van der Waals surface area contributed by atoms with Gasteiger partial charge >= 0.3 is 0 Å². The van der Waals surface area contributed by atoms with Crippen molar-refractivity contribution in [3.05, 3.63) is 35.2 Å². The average Bonchev–Trinajstić information content (AvgIpc) is 2.91. The standard InChI is InChI=1S/C15H20N2O4/c1-10-7-12(17-21-10)9-16-8-11-5-6-13(18-2)15(20-4)14(11)19-3/h5-7,16H,8-9H2,1-4H3. The third kappa shape index (κ3) is 3.46. The van der Waals surface area contributed by atoms with Crippen LogP contribution in [0, 0.1) is 6.92 Å². The summed E-state index contributed by atoms with van der Waals surface area (Å²) in [4.78, 5) is 0. The molecule has 0 saturated heterocycles. The Morgan fingerprint density at radius 3 is 2.38 bits per heavy atom. The zero-order valence-electron chi connectivity index (χ0n) is 12.7. The first-order chi connectivity index (χ1) is 10.2. The molecule has 0 atom stereocenters. The van der Waals surface area contributed by atoms with Crippen LogP contribution in [0.3, 0.4) is 0 Å². The lowest BCUT2D eigenvalue weighted by Crippen LogP contribution is -2.14. The van der Waals surface area contributed by atoms with Gasteiger partial charge in [0.25, 0.3) is 0 Å². The van der Waals surface area contributed by atoms with E-state index in [1.807, 2.05) is 25.1 Å². The molecule has 1 heterocycles. The van der Waals surface area contributed by atoms with Crippen molar-refractivity contribution >= 4 is 0 Å². The van der Waals surface area contributed by atoms with Crippen LogP contribution in [0.25, 0.3) is 0 Å². The highest BCUT2D eigenvalue weighted by Gasteiger charge is 2.15. The second kappa shape index (κ2) is 6.99. The maximum absolute atomic E-state index is 5.44. The lowest BCUT2D eigenvalue weighted by molar-refractivity contribution is 0.321. The van der Waals surface area contributed by atoms with Gasteiger partial charge in [0.15, 0.2) is 11.5 Å². The summed E-state index contributed by atoms with van der Waals surface area (Å²) in [6, 6.07) is 5.71. The summed E-state index contributed by atoms with van der Waals surface area (Å²) in [6.45, 7) is 3.11. The lowest BCUT2D eigenvalue weighted by atomic mass is 10.1. The van der Waals surface area contributed by atoms with Crippen LogP contribution in [0.4, 0.5) is 0 Å². The Labute approximate surface area is 124 Å². The van der Waals surface area contributed by atoms with Crippen molar-refractivity contribution in [3.8, 4) is 17.2 Å². The highest BCUT2D eigenvalue weighted by atomic mass is 16.5. The first-order valence-corrected chi connectivity index (χ1v) is 6.60. The van der Waals surface area contributed by atoms with Crippen molar-refractivity contribution in [3.63, 3.8) is 0 Å². The first kappa shape index (κ1) is 15.2. The molecular weight excluding hydrogens is 272 g/mol. The molecule has 0 saturated carbocycles. The van der Waals surface area contributed by atoms with Gasteiger partial charge in [-0.3, -0.25) is 0 Å². The SMILES string of the molecule is COc1ccc(CNCc2cc(C)on2)c(OC)c1OC. The van der Waals surface area contributed by atoms with E-state index in [2.05, 4.69) is 10.5 Å².